The molecule has 45 heavy (non-hydrogen) atoms. The minimum absolute atomic E-state index is 0.00836. The van der Waals surface area contributed by atoms with Gasteiger partial charge in [0, 0.05) is 39.4 Å². The lowest BCUT2D eigenvalue weighted by atomic mass is 10.0. The topological polar surface area (TPSA) is 209 Å². The zero-order chi connectivity index (χ0) is 32.0. The molecule has 1 fully saturated rings. The molecule has 4 aromatic heterocycles. The minimum atomic E-state index is -1.48. The number of hydrogen-bond acceptors (Lipinski definition) is 12. The molecule has 2 amide bonds. The van der Waals surface area contributed by atoms with Crippen LogP contribution in [-0.4, -0.2) is 68.1 Å². The Morgan fingerprint density at radius 3 is 2.84 bits per heavy atom. The molecule has 0 saturated carbocycles. The molecule has 1 saturated heterocycles. The first-order valence-corrected chi connectivity index (χ1v) is 16.3. The number of halogens is 1. The summed E-state index contributed by atoms with van der Waals surface area (Å²) < 4.78 is 4.05. The van der Waals surface area contributed by atoms with Gasteiger partial charge >= 0.3 is 0 Å². The normalized spacial score (nSPS) is 18.1. The van der Waals surface area contributed by atoms with Crippen molar-refractivity contribution in [3.8, 4) is 0 Å². The van der Waals surface area contributed by atoms with Crippen molar-refractivity contribution in [3.05, 3.63) is 73.9 Å². The van der Waals surface area contributed by atoms with E-state index in [2.05, 4.69) is 20.0 Å². The molecule has 2 aliphatic rings. The maximum Gasteiger partial charge on any atom is 0.276 e. The van der Waals surface area contributed by atoms with Gasteiger partial charge in [-0.25, -0.2) is 9.55 Å². The molecule has 0 bridgehead atoms. The molecule has 18 heteroatoms. The summed E-state index contributed by atoms with van der Waals surface area (Å²) in [5.41, 5.74) is 13.0. The fraction of sp³-hybridized carbons (Fsp3) is 0.222. The molecular formula is C27H24ClN9O5S3. The molecule has 0 aliphatic carbocycles. The monoisotopic (exact) mass is 685 g/mol. The molecule has 232 valence electrons. The van der Waals surface area contributed by atoms with Gasteiger partial charge in [0.15, 0.2) is 29.8 Å². The van der Waals surface area contributed by atoms with Gasteiger partial charge in [0.25, 0.3) is 11.8 Å². The van der Waals surface area contributed by atoms with Crippen LogP contribution in [0, 0.1) is 5.41 Å². The van der Waals surface area contributed by atoms with Crippen molar-refractivity contribution < 1.29 is 28.9 Å². The molecular weight excluding hydrogens is 662 g/mol. The minimum Gasteiger partial charge on any atom is -0.543 e. The largest absolute Gasteiger partial charge is 0.543 e. The number of carbonyl (C=O) groups excluding carboxylic acids is 3. The standard InChI is InChI=1S/C27H24ClN9O5S3/c1-42-34-18(17-21(28)45-27(31)33-17)23(38)32-19-24(39)37-20(26(40)41)14(11-44-25(19)37)8-35-4-3-16-12(7-35)2-5-36(16)9-15-6-13(10-43-15)22(29)30/h2-7,10,19,25H,8-9,11H2,1H3,(H6-,29,30,31,32,33,38,40,41)/b34-18-/t19-,25-/m1/s1. The van der Waals surface area contributed by atoms with Gasteiger partial charge in [-0.1, -0.05) is 28.1 Å². The summed E-state index contributed by atoms with van der Waals surface area (Å²) in [4.78, 5) is 49.6. The summed E-state index contributed by atoms with van der Waals surface area (Å²) in [6.07, 6.45) is 5.72. The van der Waals surface area contributed by atoms with Crippen molar-refractivity contribution >= 4 is 91.4 Å². The Balaban J connectivity index is 1.18. The number of β-lactam (4-membered cyclic amide) rings is 1. The number of oxime groups is 1. The third-order valence-corrected chi connectivity index (χ3v) is 10.5. The SMILES string of the molecule is CO/N=C(\C(=O)N[C@@H]1C(=O)N2C(C(=O)[O-])=C(C[n+]3ccc4c(ccn4Cc4cc(C(=N)N)cs4)c3)CS[C@H]12)c1nc(N)sc1Cl. The fourth-order valence-electron chi connectivity index (χ4n) is 5.17. The van der Waals surface area contributed by atoms with Crippen molar-refractivity contribution in [3.63, 3.8) is 0 Å². The number of anilines is 1. The molecule has 0 unspecified atom stereocenters. The lowest BCUT2D eigenvalue weighted by Crippen LogP contribution is -2.71. The molecule has 0 aromatic carbocycles. The van der Waals surface area contributed by atoms with E-state index < -0.39 is 29.2 Å². The van der Waals surface area contributed by atoms with Gasteiger partial charge in [0.2, 0.25) is 0 Å². The highest BCUT2D eigenvalue weighted by molar-refractivity contribution is 8.00. The second-order valence-corrected chi connectivity index (χ2v) is 13.7. The first-order chi connectivity index (χ1) is 21.5. The van der Waals surface area contributed by atoms with Crippen LogP contribution in [0.2, 0.25) is 4.34 Å². The number of fused-ring (bicyclic) bond motifs is 2. The Morgan fingerprint density at radius 2 is 2.18 bits per heavy atom. The van der Waals surface area contributed by atoms with Gasteiger partial charge in [-0.15, -0.1) is 23.1 Å². The van der Waals surface area contributed by atoms with Gasteiger partial charge in [0.1, 0.15) is 34.4 Å². The molecule has 6 rings (SSSR count). The maximum absolute atomic E-state index is 13.2. The predicted octanol–water partition coefficient (Wildman–Crippen LogP) is 0.469. The van der Waals surface area contributed by atoms with Crippen LogP contribution >= 0.6 is 46.0 Å². The van der Waals surface area contributed by atoms with Crippen LogP contribution < -0.4 is 26.5 Å². The average Bonchev–Trinajstić information content (AvgIpc) is 3.72. The molecule has 6 N–H and O–H groups in total. The number of carbonyl (C=O) groups is 3. The van der Waals surface area contributed by atoms with Crippen molar-refractivity contribution in [1.82, 2.24) is 19.8 Å². The Morgan fingerprint density at radius 1 is 1.38 bits per heavy atom. The van der Waals surface area contributed by atoms with Crippen LogP contribution in [-0.2, 0) is 32.3 Å². The lowest BCUT2D eigenvalue weighted by Gasteiger charge is -2.50. The summed E-state index contributed by atoms with van der Waals surface area (Å²) in [6.45, 7) is 0.828. The third-order valence-electron chi connectivity index (χ3n) is 7.18. The van der Waals surface area contributed by atoms with E-state index in [1.807, 2.05) is 46.7 Å². The Hall–Kier alpha value is -4.45. The number of nitrogens with zero attached hydrogens (tertiary/aromatic N) is 5. The number of pyridine rings is 1. The molecule has 0 radical (unpaired) electrons. The van der Waals surface area contributed by atoms with Crippen LogP contribution in [0.3, 0.4) is 0 Å². The fourth-order valence-corrected chi connectivity index (χ4v) is 8.32. The van der Waals surface area contributed by atoms with Crippen LogP contribution in [0.25, 0.3) is 10.9 Å². The number of thiophene rings is 1. The number of thioether (sulfide) groups is 1. The van der Waals surface area contributed by atoms with E-state index >= 15 is 0 Å². The van der Waals surface area contributed by atoms with Gasteiger partial charge in [-0.3, -0.25) is 19.9 Å². The smallest absolute Gasteiger partial charge is 0.276 e. The number of nitrogens with one attached hydrogen (secondary N) is 2. The predicted molar refractivity (Wildman–Crippen MR) is 169 cm³/mol. The summed E-state index contributed by atoms with van der Waals surface area (Å²) >= 11 is 9.95. The van der Waals surface area contributed by atoms with Crippen LogP contribution in [0.1, 0.15) is 16.1 Å². The summed E-state index contributed by atoms with van der Waals surface area (Å²) in [5.74, 6) is -2.53. The molecule has 0 spiro atoms. The number of nitrogens with two attached hydrogens (primary N) is 2. The number of nitrogen functional groups attached to an aromatic ring is 2. The number of amides is 2. The molecule has 4 aromatic rings. The number of amidine groups is 1. The lowest BCUT2D eigenvalue weighted by molar-refractivity contribution is -0.687. The van der Waals surface area contributed by atoms with Crippen molar-refractivity contribution in [2.24, 2.45) is 10.9 Å². The number of aliphatic carboxylic acids is 1. The van der Waals surface area contributed by atoms with Gasteiger partial charge < -0.3 is 36.1 Å². The van der Waals surface area contributed by atoms with E-state index in [0.29, 0.717) is 23.4 Å². The molecule has 6 heterocycles. The highest BCUT2D eigenvalue weighted by Crippen LogP contribution is 2.40. The number of hydrogen-bond donors (Lipinski definition) is 4. The molecule has 2 atom stereocenters. The zero-order valence-electron chi connectivity index (χ0n) is 23.4. The molecule has 2 aliphatic heterocycles. The number of carboxylic acids is 1. The summed E-state index contributed by atoms with van der Waals surface area (Å²) in [5, 5.41) is 28.5. The quantitative estimate of drug-likeness (QED) is 0.0600. The Bertz CT molecular complexity index is 1950. The van der Waals surface area contributed by atoms with E-state index in [1.165, 1.54) is 30.2 Å². The van der Waals surface area contributed by atoms with Gasteiger partial charge in [-0.05, 0) is 12.1 Å². The number of rotatable bonds is 10. The average molecular weight is 686 g/mol. The van der Waals surface area contributed by atoms with Crippen LogP contribution in [0.15, 0.2) is 58.6 Å². The van der Waals surface area contributed by atoms with Crippen molar-refractivity contribution in [2.75, 3.05) is 18.6 Å². The van der Waals surface area contributed by atoms with Gasteiger partial charge in [-0.2, -0.15) is 0 Å². The second-order valence-electron chi connectivity index (χ2n) is 10.0. The third kappa shape index (κ3) is 5.74. The highest BCUT2D eigenvalue weighted by atomic mass is 35.5. The van der Waals surface area contributed by atoms with Crippen molar-refractivity contribution in [2.45, 2.75) is 24.5 Å². The first-order valence-electron chi connectivity index (χ1n) is 13.2. The van der Waals surface area contributed by atoms with E-state index in [0.717, 1.165) is 32.0 Å². The van der Waals surface area contributed by atoms with E-state index in [9.17, 15) is 19.5 Å². The van der Waals surface area contributed by atoms with E-state index in [-0.39, 0.29) is 39.0 Å². The summed E-state index contributed by atoms with van der Waals surface area (Å²) in [6, 6.07) is 4.78. The van der Waals surface area contributed by atoms with Crippen LogP contribution in [0.5, 0.6) is 0 Å². The first kappa shape index (κ1) is 30.6. The van der Waals surface area contributed by atoms with Crippen LogP contribution in [0.4, 0.5) is 5.13 Å². The number of thiazole rings is 1. The van der Waals surface area contributed by atoms with Gasteiger partial charge in [0.05, 0.1) is 29.1 Å². The number of aromatic nitrogens is 3. The maximum atomic E-state index is 13.2. The van der Waals surface area contributed by atoms with E-state index in [1.54, 1.807) is 0 Å². The Kier molecular flexibility index (Phi) is 8.25. The zero-order valence-corrected chi connectivity index (χ0v) is 26.6. The molecule has 14 nitrogen and oxygen atoms in total. The summed E-state index contributed by atoms with van der Waals surface area (Å²) in [7, 11) is 1.24. The number of carboxylic acid groups (broad SMARTS) is 1. The van der Waals surface area contributed by atoms with E-state index in [4.69, 9.17) is 33.3 Å². The highest BCUT2D eigenvalue weighted by Gasteiger charge is 2.53. The van der Waals surface area contributed by atoms with Crippen molar-refractivity contribution in [1.29, 1.82) is 5.41 Å². The second kappa shape index (κ2) is 12.2. The Labute approximate surface area is 272 Å².